The molecule has 2 N–H and O–H groups in total. The predicted molar refractivity (Wildman–Crippen MR) is 102 cm³/mol. The summed E-state index contributed by atoms with van der Waals surface area (Å²) in [5, 5.41) is 6.42. The van der Waals surface area contributed by atoms with E-state index >= 15 is 0 Å². The van der Waals surface area contributed by atoms with E-state index in [0.29, 0.717) is 28.1 Å². The van der Waals surface area contributed by atoms with Gasteiger partial charge in [-0.2, -0.15) is 0 Å². The summed E-state index contributed by atoms with van der Waals surface area (Å²) in [4.78, 5) is 20.9. The van der Waals surface area contributed by atoms with Crippen molar-refractivity contribution in [3.8, 4) is 5.75 Å². The number of methoxy groups -OCH3 is 1. The molecule has 0 bridgehead atoms. The third-order valence-electron chi connectivity index (χ3n) is 3.69. The number of amides is 1. The second-order valence-corrected chi connectivity index (χ2v) is 5.94. The lowest BCUT2D eigenvalue weighted by atomic mass is 10.2. The van der Waals surface area contributed by atoms with Gasteiger partial charge < -0.3 is 15.4 Å². The van der Waals surface area contributed by atoms with Crippen LogP contribution in [0.25, 0.3) is 0 Å². The highest BCUT2D eigenvalue weighted by atomic mass is 35.5. The molecule has 132 valence electrons. The summed E-state index contributed by atoms with van der Waals surface area (Å²) in [6.45, 7) is 1.89. The minimum atomic E-state index is -0.346. The second-order valence-electron chi connectivity index (χ2n) is 5.50. The Labute approximate surface area is 156 Å². The molecule has 7 heteroatoms. The summed E-state index contributed by atoms with van der Waals surface area (Å²) < 4.78 is 5.29. The topological polar surface area (TPSA) is 76.1 Å². The highest BCUT2D eigenvalue weighted by Crippen LogP contribution is 2.25. The van der Waals surface area contributed by atoms with Gasteiger partial charge in [-0.05, 0) is 42.8 Å². The number of hydrogen-bond acceptors (Lipinski definition) is 5. The first-order chi connectivity index (χ1) is 12.6. The van der Waals surface area contributed by atoms with Crippen molar-refractivity contribution in [2.75, 3.05) is 17.7 Å². The van der Waals surface area contributed by atoms with Crippen molar-refractivity contribution >= 4 is 34.8 Å². The first-order valence-electron chi connectivity index (χ1n) is 7.87. The fourth-order valence-electron chi connectivity index (χ4n) is 2.33. The highest BCUT2D eigenvalue weighted by Gasteiger charge is 2.12. The highest BCUT2D eigenvalue weighted by molar-refractivity contribution is 6.31. The predicted octanol–water partition coefficient (Wildman–Crippen LogP) is 4.44. The zero-order valence-electron chi connectivity index (χ0n) is 14.3. The summed E-state index contributed by atoms with van der Waals surface area (Å²) in [6.07, 6.45) is 1.52. The van der Waals surface area contributed by atoms with E-state index in [4.69, 9.17) is 16.3 Å². The fourth-order valence-corrected chi connectivity index (χ4v) is 2.50. The maximum atomic E-state index is 12.5. The smallest absolute Gasteiger partial charge is 0.274 e. The molecular formula is C19H17ClN4O2. The lowest BCUT2D eigenvalue weighted by Crippen LogP contribution is -2.15. The average Bonchev–Trinajstić information content (AvgIpc) is 2.65. The van der Waals surface area contributed by atoms with Crippen LogP contribution < -0.4 is 15.4 Å². The van der Waals surface area contributed by atoms with Gasteiger partial charge in [-0.25, -0.2) is 9.97 Å². The van der Waals surface area contributed by atoms with Crippen molar-refractivity contribution in [3.05, 3.63) is 71.0 Å². The standard InChI is InChI=1S/C19H17ClN4O2/c1-12-7-8-13(20)11-16(12)22-18(25)15-9-10-21-19(24-15)23-14-5-3-4-6-17(14)26-2/h3-11H,1-2H3,(H,22,25)(H,21,23,24). The lowest BCUT2D eigenvalue weighted by Gasteiger charge is -2.11. The van der Waals surface area contributed by atoms with Crippen LogP contribution in [0.1, 0.15) is 16.1 Å². The molecular weight excluding hydrogens is 352 g/mol. The number of para-hydroxylation sites is 2. The fraction of sp³-hybridized carbons (Fsp3) is 0.105. The van der Waals surface area contributed by atoms with E-state index in [-0.39, 0.29) is 11.6 Å². The van der Waals surface area contributed by atoms with Crippen LogP contribution >= 0.6 is 11.6 Å². The minimum absolute atomic E-state index is 0.233. The summed E-state index contributed by atoms with van der Waals surface area (Å²) in [7, 11) is 1.58. The number of nitrogens with zero attached hydrogens (tertiary/aromatic N) is 2. The number of benzene rings is 2. The van der Waals surface area contributed by atoms with Crippen molar-refractivity contribution in [1.82, 2.24) is 9.97 Å². The number of aryl methyl sites for hydroxylation is 1. The first-order valence-corrected chi connectivity index (χ1v) is 8.25. The molecule has 1 aromatic heterocycles. The molecule has 0 atom stereocenters. The van der Waals surface area contributed by atoms with Crippen molar-refractivity contribution < 1.29 is 9.53 Å². The number of anilines is 3. The average molecular weight is 369 g/mol. The van der Waals surface area contributed by atoms with Crippen LogP contribution in [0.4, 0.5) is 17.3 Å². The van der Waals surface area contributed by atoms with E-state index in [9.17, 15) is 4.79 Å². The monoisotopic (exact) mass is 368 g/mol. The Morgan fingerprint density at radius 1 is 1.12 bits per heavy atom. The number of nitrogens with one attached hydrogen (secondary N) is 2. The molecule has 26 heavy (non-hydrogen) atoms. The van der Waals surface area contributed by atoms with Crippen LogP contribution in [0.5, 0.6) is 5.75 Å². The third kappa shape index (κ3) is 4.10. The largest absolute Gasteiger partial charge is 0.495 e. The number of rotatable bonds is 5. The molecule has 3 rings (SSSR count). The van der Waals surface area contributed by atoms with Crippen LogP contribution in [-0.4, -0.2) is 23.0 Å². The van der Waals surface area contributed by atoms with Gasteiger partial charge in [0.15, 0.2) is 0 Å². The van der Waals surface area contributed by atoms with Gasteiger partial charge >= 0.3 is 0 Å². The Balaban J connectivity index is 1.80. The molecule has 0 saturated heterocycles. The van der Waals surface area contributed by atoms with Crippen LogP contribution in [-0.2, 0) is 0 Å². The Morgan fingerprint density at radius 2 is 1.92 bits per heavy atom. The van der Waals surface area contributed by atoms with Gasteiger partial charge in [0.05, 0.1) is 12.8 Å². The Kier molecular flexibility index (Phi) is 5.34. The zero-order chi connectivity index (χ0) is 18.5. The Bertz CT molecular complexity index is 946. The normalized spacial score (nSPS) is 10.3. The van der Waals surface area contributed by atoms with Gasteiger partial charge in [0.2, 0.25) is 5.95 Å². The molecule has 0 aliphatic rings. The van der Waals surface area contributed by atoms with Crippen LogP contribution in [0, 0.1) is 6.92 Å². The summed E-state index contributed by atoms with van der Waals surface area (Å²) in [6, 6.07) is 14.2. The summed E-state index contributed by atoms with van der Waals surface area (Å²) in [5.41, 5.74) is 2.49. The van der Waals surface area contributed by atoms with E-state index < -0.39 is 0 Å². The number of hydrogen-bond donors (Lipinski definition) is 2. The van der Waals surface area contributed by atoms with Crippen LogP contribution in [0.3, 0.4) is 0 Å². The van der Waals surface area contributed by atoms with Gasteiger partial charge in [-0.15, -0.1) is 0 Å². The zero-order valence-corrected chi connectivity index (χ0v) is 15.0. The number of aromatic nitrogens is 2. The third-order valence-corrected chi connectivity index (χ3v) is 3.92. The molecule has 6 nitrogen and oxygen atoms in total. The molecule has 0 unspecified atom stereocenters. The number of carbonyl (C=O) groups excluding carboxylic acids is 1. The number of halogens is 1. The minimum Gasteiger partial charge on any atom is -0.495 e. The Hall–Kier alpha value is -3.12. The van der Waals surface area contributed by atoms with Gasteiger partial charge in [0, 0.05) is 16.9 Å². The van der Waals surface area contributed by atoms with E-state index in [1.807, 2.05) is 37.3 Å². The molecule has 2 aromatic carbocycles. The molecule has 0 radical (unpaired) electrons. The SMILES string of the molecule is COc1ccccc1Nc1nccc(C(=O)Nc2cc(Cl)ccc2C)n1. The summed E-state index contributed by atoms with van der Waals surface area (Å²) >= 11 is 5.99. The quantitative estimate of drug-likeness (QED) is 0.696. The lowest BCUT2D eigenvalue weighted by molar-refractivity contribution is 0.102. The van der Waals surface area contributed by atoms with Gasteiger partial charge in [-0.1, -0.05) is 29.8 Å². The first kappa shape index (κ1) is 17.7. The molecule has 0 spiro atoms. The van der Waals surface area contributed by atoms with E-state index in [1.54, 1.807) is 25.3 Å². The van der Waals surface area contributed by atoms with Crippen molar-refractivity contribution in [1.29, 1.82) is 0 Å². The van der Waals surface area contributed by atoms with E-state index in [1.165, 1.54) is 6.20 Å². The molecule has 0 fully saturated rings. The molecule has 0 aliphatic carbocycles. The van der Waals surface area contributed by atoms with Gasteiger partial charge in [0.1, 0.15) is 11.4 Å². The Morgan fingerprint density at radius 3 is 2.73 bits per heavy atom. The van der Waals surface area contributed by atoms with Crippen molar-refractivity contribution in [3.63, 3.8) is 0 Å². The van der Waals surface area contributed by atoms with Crippen molar-refractivity contribution in [2.24, 2.45) is 0 Å². The van der Waals surface area contributed by atoms with E-state index in [2.05, 4.69) is 20.6 Å². The molecule has 0 aliphatic heterocycles. The molecule has 0 saturated carbocycles. The number of carbonyl (C=O) groups is 1. The van der Waals surface area contributed by atoms with E-state index in [0.717, 1.165) is 5.56 Å². The van der Waals surface area contributed by atoms with Crippen LogP contribution in [0.2, 0.25) is 5.02 Å². The maximum absolute atomic E-state index is 12.5. The number of ether oxygens (including phenoxy) is 1. The van der Waals surface area contributed by atoms with Gasteiger partial charge in [0.25, 0.3) is 5.91 Å². The summed E-state index contributed by atoms with van der Waals surface area (Å²) in [5.74, 6) is 0.603. The van der Waals surface area contributed by atoms with Crippen LogP contribution in [0.15, 0.2) is 54.7 Å². The van der Waals surface area contributed by atoms with Gasteiger partial charge in [-0.3, -0.25) is 4.79 Å². The maximum Gasteiger partial charge on any atom is 0.274 e. The van der Waals surface area contributed by atoms with Crippen molar-refractivity contribution in [2.45, 2.75) is 6.92 Å². The second kappa shape index (κ2) is 7.84. The molecule has 3 aromatic rings. The molecule has 1 heterocycles. The molecule has 1 amide bonds.